The summed E-state index contributed by atoms with van der Waals surface area (Å²) in [5.41, 5.74) is 1.65. The molecule has 2 aromatic carbocycles. The molecule has 6 nitrogen and oxygen atoms in total. The summed E-state index contributed by atoms with van der Waals surface area (Å²) in [4.78, 5) is 14.5. The SMILES string of the molecule is O=[N+]([O-])c1cccc(NCc2ncc(-c3ccccc3)o2)c1. The van der Waals surface area contributed by atoms with Crippen molar-refractivity contribution in [1.82, 2.24) is 4.98 Å². The molecule has 0 radical (unpaired) electrons. The van der Waals surface area contributed by atoms with E-state index in [1.54, 1.807) is 18.3 Å². The predicted octanol–water partition coefficient (Wildman–Crippen LogP) is 3.86. The summed E-state index contributed by atoms with van der Waals surface area (Å²) in [5, 5.41) is 13.8. The molecule has 0 spiro atoms. The van der Waals surface area contributed by atoms with Crippen molar-refractivity contribution in [2.24, 2.45) is 0 Å². The predicted molar refractivity (Wildman–Crippen MR) is 82.4 cm³/mol. The van der Waals surface area contributed by atoms with Crippen molar-refractivity contribution in [3.63, 3.8) is 0 Å². The fraction of sp³-hybridized carbons (Fsp3) is 0.0625. The first-order chi connectivity index (χ1) is 10.7. The first kappa shape index (κ1) is 13.8. The van der Waals surface area contributed by atoms with Crippen molar-refractivity contribution in [3.05, 3.63) is 76.8 Å². The lowest BCUT2D eigenvalue weighted by molar-refractivity contribution is -0.384. The number of hydrogen-bond acceptors (Lipinski definition) is 5. The first-order valence-electron chi connectivity index (χ1n) is 6.71. The van der Waals surface area contributed by atoms with Crippen molar-refractivity contribution >= 4 is 11.4 Å². The zero-order valence-corrected chi connectivity index (χ0v) is 11.6. The monoisotopic (exact) mass is 295 g/mol. The van der Waals surface area contributed by atoms with Gasteiger partial charge in [-0.05, 0) is 6.07 Å². The Bertz CT molecular complexity index is 784. The molecule has 0 unspecified atom stereocenters. The summed E-state index contributed by atoms with van der Waals surface area (Å²) in [6.45, 7) is 0.355. The molecular formula is C16H13N3O3. The van der Waals surface area contributed by atoms with Gasteiger partial charge in [0.1, 0.15) is 0 Å². The minimum Gasteiger partial charge on any atom is -0.439 e. The highest BCUT2D eigenvalue weighted by Crippen LogP contribution is 2.21. The van der Waals surface area contributed by atoms with Crippen LogP contribution in [0.1, 0.15) is 5.89 Å². The molecule has 3 rings (SSSR count). The van der Waals surface area contributed by atoms with E-state index in [4.69, 9.17) is 4.42 Å². The quantitative estimate of drug-likeness (QED) is 0.571. The van der Waals surface area contributed by atoms with Gasteiger partial charge in [0.05, 0.1) is 17.7 Å². The van der Waals surface area contributed by atoms with Gasteiger partial charge in [0.25, 0.3) is 5.69 Å². The second-order valence-corrected chi connectivity index (χ2v) is 4.65. The molecule has 1 aromatic heterocycles. The molecule has 0 saturated heterocycles. The fourth-order valence-corrected chi connectivity index (χ4v) is 2.03. The number of aromatic nitrogens is 1. The Kier molecular flexibility index (Phi) is 3.82. The van der Waals surface area contributed by atoms with Crippen LogP contribution < -0.4 is 5.32 Å². The number of non-ortho nitro benzene ring substituents is 1. The van der Waals surface area contributed by atoms with Crippen molar-refractivity contribution < 1.29 is 9.34 Å². The molecule has 0 aliphatic carbocycles. The summed E-state index contributed by atoms with van der Waals surface area (Å²) in [5.74, 6) is 1.21. The molecule has 1 heterocycles. The normalized spacial score (nSPS) is 10.4. The van der Waals surface area contributed by atoms with Gasteiger partial charge in [-0.15, -0.1) is 0 Å². The highest BCUT2D eigenvalue weighted by atomic mass is 16.6. The Labute approximate surface area is 126 Å². The average molecular weight is 295 g/mol. The van der Waals surface area contributed by atoms with Gasteiger partial charge < -0.3 is 9.73 Å². The zero-order valence-electron chi connectivity index (χ0n) is 11.6. The Morgan fingerprint density at radius 3 is 2.73 bits per heavy atom. The number of anilines is 1. The Morgan fingerprint density at radius 1 is 1.14 bits per heavy atom. The third-order valence-corrected chi connectivity index (χ3v) is 3.11. The lowest BCUT2D eigenvalue weighted by Gasteiger charge is -2.03. The van der Waals surface area contributed by atoms with E-state index in [0.717, 1.165) is 5.56 Å². The summed E-state index contributed by atoms with van der Waals surface area (Å²) in [6, 6.07) is 16.0. The van der Waals surface area contributed by atoms with Gasteiger partial charge in [-0.25, -0.2) is 4.98 Å². The second kappa shape index (κ2) is 6.09. The molecule has 0 saturated carbocycles. The number of rotatable bonds is 5. The van der Waals surface area contributed by atoms with Crippen LogP contribution in [-0.4, -0.2) is 9.91 Å². The van der Waals surface area contributed by atoms with Gasteiger partial charge in [0.15, 0.2) is 5.76 Å². The average Bonchev–Trinajstić information content (AvgIpc) is 3.03. The van der Waals surface area contributed by atoms with Gasteiger partial charge in [-0.2, -0.15) is 0 Å². The lowest BCUT2D eigenvalue weighted by atomic mass is 10.2. The molecule has 1 N–H and O–H groups in total. The largest absolute Gasteiger partial charge is 0.439 e. The zero-order chi connectivity index (χ0) is 15.4. The minimum absolute atomic E-state index is 0.0439. The summed E-state index contributed by atoms with van der Waals surface area (Å²) in [7, 11) is 0. The van der Waals surface area contributed by atoms with E-state index in [0.29, 0.717) is 23.9 Å². The number of hydrogen-bond donors (Lipinski definition) is 1. The standard InChI is InChI=1S/C16H13N3O3/c20-19(21)14-8-4-7-13(9-14)17-11-16-18-10-15(22-16)12-5-2-1-3-6-12/h1-10,17H,11H2. The van der Waals surface area contributed by atoms with E-state index < -0.39 is 4.92 Å². The van der Waals surface area contributed by atoms with Gasteiger partial charge in [-0.3, -0.25) is 10.1 Å². The first-order valence-corrected chi connectivity index (χ1v) is 6.71. The van der Waals surface area contributed by atoms with E-state index >= 15 is 0 Å². The lowest BCUT2D eigenvalue weighted by Crippen LogP contribution is -2.00. The number of nitro benzene ring substituents is 1. The van der Waals surface area contributed by atoms with Crippen LogP contribution in [0, 0.1) is 10.1 Å². The molecule has 0 fully saturated rings. The number of nitrogens with zero attached hydrogens (tertiary/aromatic N) is 2. The third kappa shape index (κ3) is 3.12. The van der Waals surface area contributed by atoms with Crippen LogP contribution in [0.5, 0.6) is 0 Å². The van der Waals surface area contributed by atoms with Gasteiger partial charge in [0, 0.05) is 23.4 Å². The van der Waals surface area contributed by atoms with Crippen LogP contribution in [-0.2, 0) is 6.54 Å². The van der Waals surface area contributed by atoms with Crippen LogP contribution >= 0.6 is 0 Å². The Hall–Kier alpha value is -3.15. The molecule has 0 aliphatic rings. The molecule has 22 heavy (non-hydrogen) atoms. The highest BCUT2D eigenvalue weighted by molar-refractivity contribution is 5.56. The van der Waals surface area contributed by atoms with E-state index in [1.165, 1.54) is 12.1 Å². The maximum absolute atomic E-state index is 10.7. The topological polar surface area (TPSA) is 81.2 Å². The van der Waals surface area contributed by atoms with Crippen LogP contribution in [0.4, 0.5) is 11.4 Å². The molecule has 3 aromatic rings. The van der Waals surface area contributed by atoms with Crippen LogP contribution in [0.3, 0.4) is 0 Å². The van der Waals surface area contributed by atoms with Crippen molar-refractivity contribution in [3.8, 4) is 11.3 Å². The summed E-state index contributed by atoms with van der Waals surface area (Å²) >= 11 is 0. The van der Waals surface area contributed by atoms with Crippen molar-refractivity contribution in [2.75, 3.05) is 5.32 Å². The maximum atomic E-state index is 10.7. The molecule has 6 heteroatoms. The second-order valence-electron chi connectivity index (χ2n) is 4.65. The number of nitro groups is 1. The van der Waals surface area contributed by atoms with Gasteiger partial charge >= 0.3 is 0 Å². The van der Waals surface area contributed by atoms with E-state index in [1.807, 2.05) is 30.3 Å². The Balaban J connectivity index is 1.69. The molecule has 110 valence electrons. The van der Waals surface area contributed by atoms with Crippen molar-refractivity contribution in [2.45, 2.75) is 6.54 Å². The van der Waals surface area contributed by atoms with E-state index in [2.05, 4.69) is 10.3 Å². The van der Waals surface area contributed by atoms with Crippen LogP contribution in [0.2, 0.25) is 0 Å². The number of nitrogens with one attached hydrogen (secondary N) is 1. The van der Waals surface area contributed by atoms with Gasteiger partial charge in [0.2, 0.25) is 5.89 Å². The molecule has 0 amide bonds. The smallest absolute Gasteiger partial charge is 0.271 e. The number of oxazole rings is 1. The Morgan fingerprint density at radius 2 is 1.95 bits per heavy atom. The molecule has 0 bridgehead atoms. The third-order valence-electron chi connectivity index (χ3n) is 3.11. The van der Waals surface area contributed by atoms with Crippen LogP contribution in [0.25, 0.3) is 11.3 Å². The van der Waals surface area contributed by atoms with E-state index in [9.17, 15) is 10.1 Å². The van der Waals surface area contributed by atoms with Crippen LogP contribution in [0.15, 0.2) is 65.2 Å². The highest BCUT2D eigenvalue weighted by Gasteiger charge is 2.08. The number of benzene rings is 2. The minimum atomic E-state index is -0.427. The maximum Gasteiger partial charge on any atom is 0.271 e. The summed E-state index contributed by atoms with van der Waals surface area (Å²) in [6.07, 6.45) is 1.67. The molecular weight excluding hydrogens is 282 g/mol. The van der Waals surface area contributed by atoms with E-state index in [-0.39, 0.29) is 5.69 Å². The molecule has 0 aliphatic heterocycles. The van der Waals surface area contributed by atoms with Gasteiger partial charge in [-0.1, -0.05) is 36.4 Å². The summed E-state index contributed by atoms with van der Waals surface area (Å²) < 4.78 is 5.66. The van der Waals surface area contributed by atoms with Crippen molar-refractivity contribution in [1.29, 1.82) is 0 Å². The fourth-order valence-electron chi connectivity index (χ4n) is 2.03. The molecule has 0 atom stereocenters.